The Morgan fingerprint density at radius 3 is 2.20 bits per heavy atom. The zero-order chi connectivity index (χ0) is 11.5. The quantitative estimate of drug-likeness (QED) is 0.748. The van der Waals surface area contributed by atoms with E-state index in [1.807, 2.05) is 0 Å². The molecule has 0 bridgehead atoms. The molecule has 1 N–H and O–H groups in total. The van der Waals surface area contributed by atoms with E-state index in [2.05, 4.69) is 5.92 Å². The number of hydrogen-bond acceptors (Lipinski definition) is 1. The zero-order valence-corrected chi connectivity index (χ0v) is 7.75. The van der Waals surface area contributed by atoms with Crippen molar-refractivity contribution in [3.63, 3.8) is 0 Å². The van der Waals surface area contributed by atoms with Crippen LogP contribution in [0.5, 0.6) is 0 Å². The molecule has 0 saturated carbocycles. The molecule has 1 aromatic rings. The van der Waals surface area contributed by atoms with Crippen LogP contribution in [0.15, 0.2) is 24.3 Å². The van der Waals surface area contributed by atoms with Gasteiger partial charge in [0, 0.05) is 12.0 Å². The minimum atomic E-state index is -4.58. The van der Waals surface area contributed by atoms with Crippen LogP contribution in [0.2, 0.25) is 0 Å². The number of terminal acetylenes is 1. The molecule has 15 heavy (non-hydrogen) atoms. The van der Waals surface area contributed by atoms with E-state index in [4.69, 9.17) is 11.5 Å². The third-order valence-electron chi connectivity index (χ3n) is 1.93. The first-order valence-electron chi connectivity index (χ1n) is 4.24. The number of halogens is 3. The summed E-state index contributed by atoms with van der Waals surface area (Å²) in [6, 6.07) is 6.03. The van der Waals surface area contributed by atoms with Crippen molar-refractivity contribution in [3.05, 3.63) is 35.4 Å². The van der Waals surface area contributed by atoms with Crippen molar-refractivity contribution >= 4 is 0 Å². The molecule has 0 aliphatic rings. The highest BCUT2D eigenvalue weighted by molar-refractivity contribution is 5.34. The summed E-state index contributed by atoms with van der Waals surface area (Å²) in [4.78, 5) is 0. The van der Waals surface area contributed by atoms with Gasteiger partial charge < -0.3 is 5.11 Å². The third-order valence-corrected chi connectivity index (χ3v) is 1.93. The lowest BCUT2D eigenvalue weighted by Crippen LogP contribution is -2.30. The molecular formula is C11H9F3O. The average molecular weight is 214 g/mol. The first-order valence-corrected chi connectivity index (χ1v) is 4.24. The summed E-state index contributed by atoms with van der Waals surface area (Å²) in [5.41, 5.74) is 0.999. The fourth-order valence-corrected chi connectivity index (χ4v) is 1.08. The Bertz CT molecular complexity index is 359. The van der Waals surface area contributed by atoms with Gasteiger partial charge in [0.2, 0.25) is 0 Å². The van der Waals surface area contributed by atoms with E-state index in [9.17, 15) is 13.2 Å². The van der Waals surface area contributed by atoms with Crippen LogP contribution < -0.4 is 0 Å². The van der Waals surface area contributed by atoms with E-state index in [0.29, 0.717) is 11.1 Å². The van der Waals surface area contributed by atoms with Crippen LogP contribution in [0.1, 0.15) is 11.1 Å². The standard InChI is InChI=1S/C11H9F3O/c1-2-8-3-5-9(6-4-8)7-10(15)11(12,13)14/h1,3-6,10,15H,7H2. The fraction of sp³-hybridized carbons (Fsp3) is 0.273. The molecule has 0 amide bonds. The number of alkyl halides is 3. The van der Waals surface area contributed by atoms with E-state index >= 15 is 0 Å². The summed E-state index contributed by atoms with van der Waals surface area (Å²) < 4.78 is 36.0. The number of rotatable bonds is 2. The van der Waals surface area contributed by atoms with Gasteiger partial charge in [0.15, 0.2) is 6.10 Å². The summed E-state index contributed by atoms with van der Waals surface area (Å²) in [7, 11) is 0. The van der Waals surface area contributed by atoms with Crippen molar-refractivity contribution in [1.82, 2.24) is 0 Å². The van der Waals surface area contributed by atoms with Crippen LogP contribution in [-0.2, 0) is 6.42 Å². The molecule has 1 aromatic carbocycles. The topological polar surface area (TPSA) is 20.2 Å². The second-order valence-electron chi connectivity index (χ2n) is 3.10. The fourth-order valence-electron chi connectivity index (χ4n) is 1.08. The van der Waals surface area contributed by atoms with Gasteiger partial charge in [-0.3, -0.25) is 0 Å². The molecule has 1 atom stereocenters. The second-order valence-corrected chi connectivity index (χ2v) is 3.10. The Balaban J connectivity index is 2.70. The molecule has 0 aliphatic carbocycles. The molecule has 1 unspecified atom stereocenters. The minimum absolute atomic E-state index is 0.402. The Morgan fingerprint density at radius 2 is 1.80 bits per heavy atom. The van der Waals surface area contributed by atoms with E-state index in [-0.39, 0.29) is 0 Å². The van der Waals surface area contributed by atoms with Crippen molar-refractivity contribution in [2.75, 3.05) is 0 Å². The Kier molecular flexibility index (Phi) is 3.38. The van der Waals surface area contributed by atoms with E-state index in [0.717, 1.165) is 0 Å². The van der Waals surface area contributed by atoms with Crippen molar-refractivity contribution in [2.24, 2.45) is 0 Å². The molecule has 0 fully saturated rings. The highest BCUT2D eigenvalue weighted by Crippen LogP contribution is 2.22. The number of hydrogen-bond donors (Lipinski definition) is 1. The lowest BCUT2D eigenvalue weighted by atomic mass is 10.1. The van der Waals surface area contributed by atoms with Crippen LogP contribution in [0.4, 0.5) is 13.2 Å². The molecule has 0 aromatic heterocycles. The first kappa shape index (κ1) is 11.6. The van der Waals surface area contributed by atoms with Crippen LogP contribution in [0.3, 0.4) is 0 Å². The molecular weight excluding hydrogens is 205 g/mol. The van der Waals surface area contributed by atoms with Crippen LogP contribution in [-0.4, -0.2) is 17.4 Å². The van der Waals surface area contributed by atoms with Gasteiger partial charge in [0.05, 0.1) is 0 Å². The van der Waals surface area contributed by atoms with Gasteiger partial charge in [0.25, 0.3) is 0 Å². The van der Waals surface area contributed by atoms with E-state index in [1.54, 1.807) is 12.1 Å². The molecule has 1 rings (SSSR count). The third kappa shape index (κ3) is 3.30. The molecule has 0 saturated heterocycles. The van der Waals surface area contributed by atoms with Gasteiger partial charge >= 0.3 is 6.18 Å². The van der Waals surface area contributed by atoms with Gasteiger partial charge in [-0.05, 0) is 17.7 Å². The number of benzene rings is 1. The number of aliphatic hydroxyl groups excluding tert-OH is 1. The van der Waals surface area contributed by atoms with E-state index < -0.39 is 18.7 Å². The average Bonchev–Trinajstić information content (AvgIpc) is 2.17. The Labute approximate surface area is 85.5 Å². The highest BCUT2D eigenvalue weighted by Gasteiger charge is 2.37. The summed E-state index contributed by atoms with van der Waals surface area (Å²) >= 11 is 0. The molecule has 4 heteroatoms. The van der Waals surface area contributed by atoms with Crippen molar-refractivity contribution in [3.8, 4) is 12.3 Å². The molecule has 80 valence electrons. The molecule has 0 aliphatic heterocycles. The summed E-state index contributed by atoms with van der Waals surface area (Å²) in [5.74, 6) is 2.35. The molecule has 0 spiro atoms. The second kappa shape index (κ2) is 4.37. The summed E-state index contributed by atoms with van der Waals surface area (Å²) in [5, 5.41) is 8.80. The monoisotopic (exact) mass is 214 g/mol. The highest BCUT2D eigenvalue weighted by atomic mass is 19.4. The largest absolute Gasteiger partial charge is 0.414 e. The molecule has 0 heterocycles. The van der Waals surface area contributed by atoms with Crippen LogP contribution in [0.25, 0.3) is 0 Å². The number of aliphatic hydroxyl groups is 1. The normalized spacial score (nSPS) is 13.3. The van der Waals surface area contributed by atoms with Crippen molar-refractivity contribution in [1.29, 1.82) is 0 Å². The van der Waals surface area contributed by atoms with Gasteiger partial charge in [-0.2, -0.15) is 13.2 Å². The van der Waals surface area contributed by atoms with Crippen molar-refractivity contribution in [2.45, 2.75) is 18.7 Å². The van der Waals surface area contributed by atoms with Gasteiger partial charge in [-0.15, -0.1) is 6.42 Å². The predicted molar refractivity (Wildman–Crippen MR) is 50.1 cm³/mol. The van der Waals surface area contributed by atoms with Gasteiger partial charge in [-0.25, -0.2) is 0 Å². The smallest absolute Gasteiger partial charge is 0.383 e. The maximum Gasteiger partial charge on any atom is 0.414 e. The SMILES string of the molecule is C#Cc1ccc(CC(O)C(F)(F)F)cc1. The zero-order valence-electron chi connectivity index (χ0n) is 7.75. The lowest BCUT2D eigenvalue weighted by molar-refractivity contribution is -0.203. The Hall–Kier alpha value is -1.47. The molecule has 0 radical (unpaired) electrons. The summed E-state index contributed by atoms with van der Waals surface area (Å²) in [6.07, 6.45) is -2.26. The maximum atomic E-state index is 12.0. The maximum absolute atomic E-state index is 12.0. The minimum Gasteiger partial charge on any atom is -0.383 e. The lowest BCUT2D eigenvalue weighted by Gasteiger charge is -2.14. The van der Waals surface area contributed by atoms with Gasteiger partial charge in [-0.1, -0.05) is 18.1 Å². The summed E-state index contributed by atoms with van der Waals surface area (Å²) in [6.45, 7) is 0. The van der Waals surface area contributed by atoms with E-state index in [1.165, 1.54) is 12.1 Å². The van der Waals surface area contributed by atoms with Gasteiger partial charge in [0.1, 0.15) is 0 Å². The Morgan fingerprint density at radius 1 is 1.27 bits per heavy atom. The van der Waals surface area contributed by atoms with Crippen LogP contribution in [0, 0.1) is 12.3 Å². The molecule has 1 nitrogen and oxygen atoms in total. The predicted octanol–water partition coefficient (Wildman–Crippen LogP) is 2.13. The first-order chi connectivity index (χ1) is 6.93. The van der Waals surface area contributed by atoms with Crippen LogP contribution >= 0.6 is 0 Å². The van der Waals surface area contributed by atoms with Crippen molar-refractivity contribution < 1.29 is 18.3 Å².